The quantitative estimate of drug-likeness (QED) is 0.934. The fraction of sp³-hybridized carbons (Fsp3) is 0.312. The lowest BCUT2D eigenvalue weighted by molar-refractivity contribution is 0.0697. The van der Waals surface area contributed by atoms with Gasteiger partial charge in [0.1, 0.15) is 11.4 Å². The van der Waals surface area contributed by atoms with Crippen molar-refractivity contribution in [2.75, 3.05) is 31.2 Å². The van der Waals surface area contributed by atoms with E-state index >= 15 is 0 Å². The molecule has 120 valence electrons. The Kier molecular flexibility index (Phi) is 4.20. The van der Waals surface area contributed by atoms with Gasteiger partial charge in [0.05, 0.1) is 18.9 Å². The average Bonchev–Trinajstić information content (AvgIpc) is 2.55. The number of nitrogens with zero attached hydrogens (tertiary/aromatic N) is 3. The largest absolute Gasteiger partial charge is 0.478 e. The third-order valence-electron chi connectivity index (χ3n) is 3.74. The van der Waals surface area contributed by atoms with Gasteiger partial charge in [-0.1, -0.05) is 0 Å². The van der Waals surface area contributed by atoms with Gasteiger partial charge in [0.25, 0.3) is 0 Å². The molecule has 1 N–H and O–H groups in total. The molecule has 2 aromatic rings. The number of aromatic carboxylic acids is 1. The summed E-state index contributed by atoms with van der Waals surface area (Å²) in [6.45, 7) is 4.17. The maximum absolute atomic E-state index is 13.3. The van der Waals surface area contributed by atoms with Crippen LogP contribution >= 0.6 is 0 Å². The van der Waals surface area contributed by atoms with E-state index in [9.17, 15) is 14.3 Å². The SMILES string of the molecule is Cc1cc(F)ccc1-c1nc(N2CCOCC2)ncc1C(=O)O. The molecule has 1 aliphatic rings. The predicted octanol–water partition coefficient (Wildman–Crippen LogP) is 2.13. The molecule has 6 nitrogen and oxygen atoms in total. The molecule has 0 bridgehead atoms. The van der Waals surface area contributed by atoms with E-state index in [0.29, 0.717) is 49.1 Å². The summed E-state index contributed by atoms with van der Waals surface area (Å²) in [7, 11) is 0. The Labute approximate surface area is 132 Å². The summed E-state index contributed by atoms with van der Waals surface area (Å²) in [5.41, 5.74) is 1.50. The van der Waals surface area contributed by atoms with Crippen LogP contribution in [0.15, 0.2) is 24.4 Å². The standard InChI is InChI=1S/C16H16FN3O3/c1-10-8-11(17)2-3-12(10)14-13(15(21)22)9-18-16(19-14)20-4-6-23-7-5-20/h2-3,8-9H,4-7H2,1H3,(H,21,22). The van der Waals surface area contributed by atoms with Gasteiger partial charge in [0, 0.05) is 24.8 Å². The molecular weight excluding hydrogens is 301 g/mol. The van der Waals surface area contributed by atoms with E-state index in [0.717, 1.165) is 0 Å². The van der Waals surface area contributed by atoms with Crippen molar-refractivity contribution in [1.29, 1.82) is 0 Å². The van der Waals surface area contributed by atoms with Gasteiger partial charge in [0.2, 0.25) is 5.95 Å². The highest BCUT2D eigenvalue weighted by molar-refractivity contribution is 5.95. The number of aryl methyl sites for hydroxylation is 1. The Morgan fingerprint density at radius 1 is 1.35 bits per heavy atom. The van der Waals surface area contributed by atoms with Crippen LogP contribution in [-0.4, -0.2) is 47.3 Å². The molecule has 0 unspecified atom stereocenters. The zero-order valence-electron chi connectivity index (χ0n) is 12.6. The van der Waals surface area contributed by atoms with E-state index < -0.39 is 5.97 Å². The summed E-state index contributed by atoms with van der Waals surface area (Å²) < 4.78 is 18.6. The van der Waals surface area contributed by atoms with Gasteiger partial charge >= 0.3 is 5.97 Å². The zero-order valence-corrected chi connectivity index (χ0v) is 12.6. The first-order valence-electron chi connectivity index (χ1n) is 7.26. The molecule has 1 aromatic heterocycles. The van der Waals surface area contributed by atoms with Gasteiger partial charge in [-0.2, -0.15) is 0 Å². The van der Waals surface area contributed by atoms with Crippen LogP contribution in [0.2, 0.25) is 0 Å². The molecule has 3 rings (SSSR count). The van der Waals surface area contributed by atoms with Crippen LogP contribution in [0.4, 0.5) is 10.3 Å². The van der Waals surface area contributed by atoms with E-state index in [4.69, 9.17) is 4.74 Å². The van der Waals surface area contributed by atoms with Crippen LogP contribution in [0.1, 0.15) is 15.9 Å². The zero-order chi connectivity index (χ0) is 16.4. The van der Waals surface area contributed by atoms with Crippen molar-refractivity contribution in [2.45, 2.75) is 6.92 Å². The first-order chi connectivity index (χ1) is 11.1. The fourth-order valence-electron chi connectivity index (χ4n) is 2.54. The minimum atomic E-state index is -1.11. The number of carboxylic acid groups (broad SMARTS) is 1. The number of rotatable bonds is 3. The highest BCUT2D eigenvalue weighted by Crippen LogP contribution is 2.27. The number of morpholine rings is 1. The smallest absolute Gasteiger partial charge is 0.339 e. The fourth-order valence-corrected chi connectivity index (χ4v) is 2.54. The van der Waals surface area contributed by atoms with E-state index in [1.165, 1.54) is 18.3 Å². The topological polar surface area (TPSA) is 75.5 Å². The normalized spacial score (nSPS) is 14.8. The number of hydrogen-bond acceptors (Lipinski definition) is 5. The summed E-state index contributed by atoms with van der Waals surface area (Å²) in [6, 6.07) is 4.20. The average molecular weight is 317 g/mol. The molecule has 23 heavy (non-hydrogen) atoms. The Hall–Kier alpha value is -2.54. The molecule has 1 aromatic carbocycles. The van der Waals surface area contributed by atoms with Crippen molar-refractivity contribution in [3.63, 3.8) is 0 Å². The van der Waals surface area contributed by atoms with Crippen LogP contribution in [-0.2, 0) is 4.74 Å². The monoisotopic (exact) mass is 317 g/mol. The van der Waals surface area contributed by atoms with Gasteiger partial charge in [-0.15, -0.1) is 0 Å². The third kappa shape index (κ3) is 3.14. The number of benzene rings is 1. The molecular formula is C16H16FN3O3. The van der Waals surface area contributed by atoms with Crippen molar-refractivity contribution in [3.8, 4) is 11.3 Å². The Balaban J connectivity index is 2.09. The third-order valence-corrected chi connectivity index (χ3v) is 3.74. The predicted molar refractivity (Wildman–Crippen MR) is 82.2 cm³/mol. The minimum absolute atomic E-state index is 0.00304. The van der Waals surface area contributed by atoms with Crippen LogP contribution in [0.3, 0.4) is 0 Å². The van der Waals surface area contributed by atoms with Crippen LogP contribution in [0, 0.1) is 12.7 Å². The lowest BCUT2D eigenvalue weighted by atomic mass is 10.0. The van der Waals surface area contributed by atoms with Crippen LogP contribution < -0.4 is 4.90 Å². The second-order valence-corrected chi connectivity index (χ2v) is 5.30. The van der Waals surface area contributed by atoms with Gasteiger partial charge in [-0.3, -0.25) is 0 Å². The summed E-state index contributed by atoms with van der Waals surface area (Å²) in [4.78, 5) is 22.0. The first-order valence-corrected chi connectivity index (χ1v) is 7.26. The highest BCUT2D eigenvalue weighted by atomic mass is 19.1. The highest BCUT2D eigenvalue weighted by Gasteiger charge is 2.20. The number of anilines is 1. The number of aromatic nitrogens is 2. The molecule has 1 fully saturated rings. The summed E-state index contributed by atoms with van der Waals surface area (Å²) in [5, 5.41) is 9.39. The molecule has 1 aliphatic heterocycles. The van der Waals surface area contributed by atoms with Crippen molar-refractivity contribution < 1.29 is 19.0 Å². The van der Waals surface area contributed by atoms with E-state index in [1.54, 1.807) is 13.0 Å². The molecule has 0 atom stereocenters. The molecule has 0 amide bonds. The maximum Gasteiger partial charge on any atom is 0.339 e. The van der Waals surface area contributed by atoms with Gasteiger partial charge in [-0.05, 0) is 30.7 Å². The molecule has 0 aliphatic carbocycles. The Morgan fingerprint density at radius 2 is 2.09 bits per heavy atom. The lowest BCUT2D eigenvalue weighted by Crippen LogP contribution is -2.37. The Bertz CT molecular complexity index is 745. The second-order valence-electron chi connectivity index (χ2n) is 5.30. The number of hydrogen-bond donors (Lipinski definition) is 1. The lowest BCUT2D eigenvalue weighted by Gasteiger charge is -2.27. The first kappa shape index (κ1) is 15.4. The Morgan fingerprint density at radius 3 is 2.74 bits per heavy atom. The summed E-state index contributed by atoms with van der Waals surface area (Å²) >= 11 is 0. The number of carboxylic acids is 1. The summed E-state index contributed by atoms with van der Waals surface area (Å²) in [6.07, 6.45) is 1.30. The van der Waals surface area contributed by atoms with E-state index in [1.807, 2.05) is 4.90 Å². The van der Waals surface area contributed by atoms with Crippen molar-refractivity contribution in [1.82, 2.24) is 9.97 Å². The van der Waals surface area contributed by atoms with Crippen LogP contribution in [0.25, 0.3) is 11.3 Å². The van der Waals surface area contributed by atoms with E-state index in [2.05, 4.69) is 9.97 Å². The molecule has 1 saturated heterocycles. The summed E-state index contributed by atoms with van der Waals surface area (Å²) in [5.74, 6) is -1.03. The molecule has 2 heterocycles. The van der Waals surface area contributed by atoms with Gasteiger partial charge < -0.3 is 14.7 Å². The van der Waals surface area contributed by atoms with Gasteiger partial charge in [0.15, 0.2) is 0 Å². The minimum Gasteiger partial charge on any atom is -0.478 e. The van der Waals surface area contributed by atoms with Crippen molar-refractivity contribution >= 4 is 11.9 Å². The van der Waals surface area contributed by atoms with Crippen molar-refractivity contribution in [2.24, 2.45) is 0 Å². The molecule has 7 heteroatoms. The van der Waals surface area contributed by atoms with Gasteiger partial charge in [-0.25, -0.2) is 19.2 Å². The number of halogens is 1. The van der Waals surface area contributed by atoms with E-state index in [-0.39, 0.29) is 11.4 Å². The molecule has 0 saturated carbocycles. The maximum atomic E-state index is 13.3. The second kappa shape index (κ2) is 6.29. The van der Waals surface area contributed by atoms with Crippen LogP contribution in [0.5, 0.6) is 0 Å². The molecule has 0 spiro atoms. The van der Waals surface area contributed by atoms with Crippen molar-refractivity contribution in [3.05, 3.63) is 41.3 Å². The number of carbonyl (C=O) groups is 1. The number of ether oxygens (including phenoxy) is 1. The molecule has 0 radical (unpaired) electrons.